The fourth-order valence-corrected chi connectivity index (χ4v) is 2.98. The Kier molecular flexibility index (Phi) is 4.48. The average Bonchev–Trinajstić information content (AvgIpc) is 2.95. The quantitative estimate of drug-likeness (QED) is 0.331. The largest absolute Gasteiger partial charge is 0.335 e. The van der Waals surface area contributed by atoms with Crippen molar-refractivity contribution < 1.29 is 4.92 Å². The molecule has 7 nitrogen and oxygen atoms in total. The van der Waals surface area contributed by atoms with Gasteiger partial charge >= 0.3 is 0 Å². The number of aromatic nitrogens is 3. The third-order valence-corrected chi connectivity index (χ3v) is 4.48. The molecule has 0 bridgehead atoms. The number of nitro benzene ring substituents is 1. The highest BCUT2D eigenvalue weighted by molar-refractivity contribution is 7.98. The van der Waals surface area contributed by atoms with Gasteiger partial charge in [-0.15, -0.1) is 10.2 Å². The number of nitrogen functional groups attached to an aromatic ring is 1. The maximum absolute atomic E-state index is 10.8. The van der Waals surface area contributed by atoms with E-state index in [0.29, 0.717) is 16.7 Å². The molecule has 0 aliphatic carbocycles. The van der Waals surface area contributed by atoms with Crippen LogP contribution in [0.25, 0.3) is 11.4 Å². The van der Waals surface area contributed by atoms with Crippen molar-refractivity contribution in [2.75, 3.05) is 5.84 Å². The summed E-state index contributed by atoms with van der Waals surface area (Å²) in [6.07, 6.45) is 0. The second-order valence-electron chi connectivity index (χ2n) is 5.26. The van der Waals surface area contributed by atoms with Crippen molar-refractivity contribution in [1.29, 1.82) is 0 Å². The van der Waals surface area contributed by atoms with Crippen LogP contribution in [0.4, 0.5) is 5.69 Å². The summed E-state index contributed by atoms with van der Waals surface area (Å²) in [5.41, 5.74) is 2.94. The fraction of sp³-hybridized carbons (Fsp3) is 0.125. The molecule has 0 spiro atoms. The number of non-ortho nitro benzene ring substituents is 1. The van der Waals surface area contributed by atoms with Gasteiger partial charge < -0.3 is 5.84 Å². The first kappa shape index (κ1) is 16.0. The number of benzene rings is 2. The molecule has 122 valence electrons. The first-order valence-electron chi connectivity index (χ1n) is 7.18. The third-order valence-electron chi connectivity index (χ3n) is 3.46. The highest BCUT2D eigenvalue weighted by atomic mass is 32.2. The lowest BCUT2D eigenvalue weighted by molar-refractivity contribution is -0.384. The normalized spacial score (nSPS) is 10.7. The second-order valence-corrected chi connectivity index (χ2v) is 6.20. The van der Waals surface area contributed by atoms with Crippen LogP contribution in [0.15, 0.2) is 53.7 Å². The summed E-state index contributed by atoms with van der Waals surface area (Å²) < 4.78 is 1.44. The van der Waals surface area contributed by atoms with Gasteiger partial charge in [0, 0.05) is 23.4 Å². The number of hydrogen-bond acceptors (Lipinski definition) is 6. The summed E-state index contributed by atoms with van der Waals surface area (Å²) in [7, 11) is 0. The van der Waals surface area contributed by atoms with Crippen molar-refractivity contribution in [1.82, 2.24) is 14.9 Å². The molecule has 0 unspecified atom stereocenters. The Morgan fingerprint density at radius 2 is 1.96 bits per heavy atom. The summed E-state index contributed by atoms with van der Waals surface area (Å²) >= 11 is 1.38. The highest BCUT2D eigenvalue weighted by Crippen LogP contribution is 2.25. The van der Waals surface area contributed by atoms with E-state index in [1.54, 1.807) is 12.1 Å². The lowest BCUT2D eigenvalue weighted by atomic mass is 10.1. The summed E-state index contributed by atoms with van der Waals surface area (Å²) in [6, 6.07) is 14.4. The standard InChI is InChI=1S/C16H15N5O2S/c1-11-5-7-13(8-6-11)15-18-19-16(20(15)17)24-10-12-3-2-4-14(9-12)21(22)23/h2-9H,10,17H2,1H3. The van der Waals surface area contributed by atoms with Gasteiger partial charge in [0.1, 0.15) is 0 Å². The van der Waals surface area contributed by atoms with E-state index in [9.17, 15) is 10.1 Å². The van der Waals surface area contributed by atoms with Crippen molar-refractivity contribution in [3.63, 3.8) is 0 Å². The Morgan fingerprint density at radius 3 is 2.67 bits per heavy atom. The molecule has 0 aliphatic rings. The molecule has 1 heterocycles. The van der Waals surface area contributed by atoms with E-state index in [1.807, 2.05) is 37.3 Å². The number of nitro groups is 1. The lowest BCUT2D eigenvalue weighted by Gasteiger charge is -2.04. The number of nitrogens with zero attached hydrogens (tertiary/aromatic N) is 4. The molecule has 0 amide bonds. The molecule has 0 radical (unpaired) electrons. The van der Waals surface area contributed by atoms with Crippen LogP contribution in [0.3, 0.4) is 0 Å². The highest BCUT2D eigenvalue weighted by Gasteiger charge is 2.13. The summed E-state index contributed by atoms with van der Waals surface area (Å²) in [5, 5.41) is 19.6. The van der Waals surface area contributed by atoms with E-state index >= 15 is 0 Å². The van der Waals surface area contributed by atoms with Gasteiger partial charge in [0.05, 0.1) is 4.92 Å². The second kappa shape index (κ2) is 6.71. The lowest BCUT2D eigenvalue weighted by Crippen LogP contribution is -2.11. The molecule has 3 aromatic rings. The van der Waals surface area contributed by atoms with Crippen molar-refractivity contribution in [2.45, 2.75) is 17.8 Å². The number of thioether (sulfide) groups is 1. The van der Waals surface area contributed by atoms with Gasteiger partial charge in [0.25, 0.3) is 5.69 Å². The molecular weight excluding hydrogens is 326 g/mol. The molecule has 24 heavy (non-hydrogen) atoms. The van der Waals surface area contributed by atoms with Crippen LogP contribution in [-0.4, -0.2) is 19.8 Å². The van der Waals surface area contributed by atoms with Gasteiger partial charge in [-0.1, -0.05) is 53.7 Å². The maximum Gasteiger partial charge on any atom is 0.269 e. The number of nitrogens with two attached hydrogens (primary N) is 1. The molecular formula is C16H15N5O2S. The predicted molar refractivity (Wildman–Crippen MR) is 93.0 cm³/mol. The van der Waals surface area contributed by atoms with E-state index in [4.69, 9.17) is 5.84 Å². The van der Waals surface area contributed by atoms with Gasteiger partial charge in [0.15, 0.2) is 5.82 Å². The smallest absolute Gasteiger partial charge is 0.269 e. The van der Waals surface area contributed by atoms with Crippen LogP contribution in [0.2, 0.25) is 0 Å². The first-order chi connectivity index (χ1) is 11.5. The summed E-state index contributed by atoms with van der Waals surface area (Å²) in [6.45, 7) is 2.01. The zero-order valence-electron chi connectivity index (χ0n) is 12.9. The molecule has 0 saturated heterocycles. The Balaban J connectivity index is 1.76. The molecule has 1 aromatic heterocycles. The molecule has 0 aliphatic heterocycles. The van der Waals surface area contributed by atoms with Gasteiger partial charge in [-0.3, -0.25) is 10.1 Å². The van der Waals surface area contributed by atoms with Gasteiger partial charge in [0.2, 0.25) is 5.16 Å². The maximum atomic E-state index is 10.8. The minimum Gasteiger partial charge on any atom is -0.335 e. The zero-order chi connectivity index (χ0) is 17.1. The van der Waals surface area contributed by atoms with E-state index in [0.717, 1.165) is 16.7 Å². The Labute approximate surface area is 142 Å². The van der Waals surface area contributed by atoms with E-state index < -0.39 is 4.92 Å². The van der Waals surface area contributed by atoms with Crippen molar-refractivity contribution in [3.8, 4) is 11.4 Å². The number of aryl methyl sites for hydroxylation is 1. The van der Waals surface area contributed by atoms with Crippen LogP contribution >= 0.6 is 11.8 Å². The average molecular weight is 341 g/mol. The van der Waals surface area contributed by atoms with Crippen molar-refractivity contribution in [2.24, 2.45) is 0 Å². The third kappa shape index (κ3) is 3.38. The molecule has 0 atom stereocenters. The van der Waals surface area contributed by atoms with E-state index in [1.165, 1.54) is 22.5 Å². The van der Waals surface area contributed by atoms with Gasteiger partial charge in [-0.05, 0) is 12.5 Å². The molecule has 0 fully saturated rings. The monoisotopic (exact) mass is 341 g/mol. The summed E-state index contributed by atoms with van der Waals surface area (Å²) in [5.74, 6) is 7.18. The SMILES string of the molecule is Cc1ccc(-c2nnc(SCc3cccc([N+](=O)[O-])c3)n2N)cc1. The van der Waals surface area contributed by atoms with Crippen LogP contribution in [-0.2, 0) is 5.75 Å². The van der Waals surface area contributed by atoms with Crippen molar-refractivity contribution >= 4 is 17.4 Å². The van der Waals surface area contributed by atoms with Gasteiger partial charge in [-0.25, -0.2) is 4.68 Å². The molecule has 8 heteroatoms. The Bertz CT molecular complexity index is 876. The van der Waals surface area contributed by atoms with Gasteiger partial charge in [-0.2, -0.15) is 0 Å². The van der Waals surface area contributed by atoms with Crippen LogP contribution in [0.1, 0.15) is 11.1 Å². The molecule has 2 N–H and O–H groups in total. The minimum absolute atomic E-state index is 0.0719. The Morgan fingerprint density at radius 1 is 1.21 bits per heavy atom. The Hall–Kier alpha value is -2.87. The van der Waals surface area contributed by atoms with Crippen LogP contribution in [0.5, 0.6) is 0 Å². The van der Waals surface area contributed by atoms with Crippen LogP contribution in [0, 0.1) is 17.0 Å². The van der Waals surface area contributed by atoms with Crippen LogP contribution < -0.4 is 5.84 Å². The first-order valence-corrected chi connectivity index (χ1v) is 8.17. The number of hydrogen-bond donors (Lipinski definition) is 1. The molecule has 2 aromatic carbocycles. The van der Waals surface area contributed by atoms with E-state index in [-0.39, 0.29) is 5.69 Å². The zero-order valence-corrected chi connectivity index (χ0v) is 13.7. The fourth-order valence-electron chi connectivity index (χ4n) is 2.18. The van der Waals surface area contributed by atoms with E-state index in [2.05, 4.69) is 10.2 Å². The van der Waals surface area contributed by atoms with Crippen molar-refractivity contribution in [3.05, 3.63) is 69.8 Å². The molecule has 0 saturated carbocycles. The molecule has 3 rings (SSSR count). The minimum atomic E-state index is -0.408. The predicted octanol–water partition coefficient (Wildman–Crippen LogP) is 3.17. The number of rotatable bonds is 5. The topological polar surface area (TPSA) is 99.9 Å². The summed E-state index contributed by atoms with van der Waals surface area (Å²) in [4.78, 5) is 10.4.